The van der Waals surface area contributed by atoms with Crippen LogP contribution in [-0.4, -0.2) is 89.1 Å². The monoisotopic (exact) mass is 512 g/mol. The molecule has 6 N–H and O–H groups in total. The molecule has 0 aliphatic carbocycles. The molecule has 0 unspecified atom stereocenters. The summed E-state index contributed by atoms with van der Waals surface area (Å²) >= 11 is 0. The van der Waals surface area contributed by atoms with E-state index in [1.54, 1.807) is 13.8 Å². The molecule has 12 nitrogen and oxygen atoms in total. The molecule has 1 aliphatic heterocycles. The van der Waals surface area contributed by atoms with Crippen molar-refractivity contribution in [3.05, 3.63) is 29.3 Å². The first-order valence-corrected chi connectivity index (χ1v) is 11.9. The number of carbonyl (C=O) groups excluding carboxylic acids is 2. The SMILES string of the molecule is CNCCCCCNC(=O)c1cc(COC(=O)C(C)C)ccc1O[C@H]1O[C@H](C(=O)O)[C@@H](O)[C@H](O)[C@@H]1O. The number of carbonyl (C=O) groups is 3. The van der Waals surface area contributed by atoms with Crippen molar-refractivity contribution < 1.29 is 49.0 Å². The quantitative estimate of drug-likeness (QED) is 0.152. The molecule has 12 heteroatoms. The van der Waals surface area contributed by atoms with Gasteiger partial charge in [-0.05, 0) is 44.1 Å². The molecule has 1 aromatic rings. The molecule has 0 bridgehead atoms. The third-order valence-electron chi connectivity index (χ3n) is 5.59. The smallest absolute Gasteiger partial charge is 0.335 e. The van der Waals surface area contributed by atoms with Crippen molar-refractivity contribution in [2.75, 3.05) is 20.1 Å². The summed E-state index contributed by atoms with van der Waals surface area (Å²) in [6, 6.07) is 4.38. The standard InChI is InChI=1S/C24H36N2O10/c1-13(2)23(33)34-12-14-7-8-16(15(11-14)21(30)26-10-6-4-5-9-25-3)35-24-19(29)17(27)18(28)20(36-24)22(31)32/h7-8,11,13,17-20,24-25,27-29H,4-6,9-10,12H2,1-3H3,(H,26,30)(H,31,32)/t17-,18-,19-,20-,24-/m0/s1. The van der Waals surface area contributed by atoms with Crippen LogP contribution >= 0.6 is 0 Å². The predicted molar refractivity (Wildman–Crippen MR) is 126 cm³/mol. The Morgan fingerprint density at radius 1 is 1.03 bits per heavy atom. The van der Waals surface area contributed by atoms with Crippen LogP contribution in [0.2, 0.25) is 0 Å². The van der Waals surface area contributed by atoms with Gasteiger partial charge in [-0.2, -0.15) is 0 Å². The lowest BCUT2D eigenvalue weighted by Crippen LogP contribution is -2.61. The van der Waals surface area contributed by atoms with Gasteiger partial charge in [-0.25, -0.2) is 4.79 Å². The molecule has 36 heavy (non-hydrogen) atoms. The van der Waals surface area contributed by atoms with Crippen LogP contribution < -0.4 is 15.4 Å². The molecule has 1 amide bonds. The number of carboxylic acids is 1. The topological polar surface area (TPSA) is 184 Å². The molecule has 1 aliphatic rings. The zero-order chi connectivity index (χ0) is 26.8. The molecule has 2 rings (SSSR count). The maximum Gasteiger partial charge on any atom is 0.335 e. The number of aliphatic hydroxyl groups excluding tert-OH is 3. The second-order valence-corrected chi connectivity index (χ2v) is 8.87. The fraction of sp³-hybridized carbons (Fsp3) is 0.625. The van der Waals surface area contributed by atoms with Gasteiger partial charge < -0.3 is 45.3 Å². The van der Waals surface area contributed by atoms with Gasteiger partial charge in [0, 0.05) is 6.54 Å². The Morgan fingerprint density at radius 3 is 2.36 bits per heavy atom. The summed E-state index contributed by atoms with van der Waals surface area (Å²) in [6.45, 7) is 4.56. The Bertz CT molecular complexity index is 894. The molecular formula is C24H36N2O10. The van der Waals surface area contributed by atoms with Crippen LogP contribution in [0.15, 0.2) is 18.2 Å². The van der Waals surface area contributed by atoms with Crippen molar-refractivity contribution in [2.45, 2.75) is 70.4 Å². The van der Waals surface area contributed by atoms with Gasteiger partial charge in [0.2, 0.25) is 6.29 Å². The molecule has 0 spiro atoms. The second-order valence-electron chi connectivity index (χ2n) is 8.87. The van der Waals surface area contributed by atoms with Crippen LogP contribution in [0.25, 0.3) is 0 Å². The zero-order valence-corrected chi connectivity index (χ0v) is 20.7. The summed E-state index contributed by atoms with van der Waals surface area (Å²) in [5.41, 5.74) is 0.533. The van der Waals surface area contributed by atoms with Crippen molar-refractivity contribution in [2.24, 2.45) is 5.92 Å². The van der Waals surface area contributed by atoms with E-state index in [2.05, 4.69) is 10.6 Å². The normalized spacial score (nSPS) is 23.8. The van der Waals surface area contributed by atoms with Crippen LogP contribution in [0.1, 0.15) is 49.0 Å². The van der Waals surface area contributed by atoms with Gasteiger partial charge in [-0.3, -0.25) is 9.59 Å². The van der Waals surface area contributed by atoms with E-state index in [1.807, 2.05) is 7.05 Å². The van der Waals surface area contributed by atoms with Crippen LogP contribution in [0.4, 0.5) is 0 Å². The summed E-state index contributed by atoms with van der Waals surface area (Å²) in [6.07, 6.45) is -6.45. The number of hydrogen-bond acceptors (Lipinski definition) is 10. The van der Waals surface area contributed by atoms with Gasteiger partial charge in [0.05, 0.1) is 11.5 Å². The first-order valence-electron chi connectivity index (χ1n) is 11.9. The molecular weight excluding hydrogens is 476 g/mol. The predicted octanol–water partition coefficient (Wildman–Crippen LogP) is -0.224. The maximum atomic E-state index is 13.0. The van der Waals surface area contributed by atoms with Crippen LogP contribution in [0.5, 0.6) is 5.75 Å². The number of carboxylic acid groups (broad SMARTS) is 1. The molecule has 0 aromatic heterocycles. The van der Waals surface area contributed by atoms with Gasteiger partial charge >= 0.3 is 11.9 Å². The molecule has 0 saturated carbocycles. The summed E-state index contributed by atoms with van der Waals surface area (Å²) in [5.74, 6) is -2.85. The summed E-state index contributed by atoms with van der Waals surface area (Å²) in [7, 11) is 1.86. The number of aliphatic hydroxyl groups is 3. The molecule has 5 atom stereocenters. The first-order chi connectivity index (χ1) is 17.1. The molecule has 0 radical (unpaired) electrons. The zero-order valence-electron chi connectivity index (χ0n) is 20.7. The molecule has 1 fully saturated rings. The van der Waals surface area contributed by atoms with Gasteiger partial charge in [0.25, 0.3) is 5.91 Å². The number of unbranched alkanes of at least 4 members (excludes halogenated alkanes) is 2. The summed E-state index contributed by atoms with van der Waals surface area (Å²) in [5, 5.41) is 45.3. The largest absolute Gasteiger partial charge is 0.479 e. The minimum Gasteiger partial charge on any atom is -0.479 e. The Hall–Kier alpha value is -2.77. The maximum absolute atomic E-state index is 13.0. The van der Waals surface area contributed by atoms with Crippen molar-refractivity contribution in [3.63, 3.8) is 0 Å². The number of rotatable bonds is 13. The number of amides is 1. The van der Waals surface area contributed by atoms with E-state index in [0.29, 0.717) is 12.1 Å². The minimum absolute atomic E-state index is 0.0339. The highest BCUT2D eigenvalue weighted by atomic mass is 16.7. The Morgan fingerprint density at radius 2 is 1.72 bits per heavy atom. The number of hydrogen-bond donors (Lipinski definition) is 6. The van der Waals surface area contributed by atoms with Gasteiger partial charge in [0.15, 0.2) is 6.10 Å². The van der Waals surface area contributed by atoms with Crippen molar-refractivity contribution in [1.82, 2.24) is 10.6 Å². The Balaban J connectivity index is 2.21. The van der Waals surface area contributed by atoms with Gasteiger partial charge in [0.1, 0.15) is 30.7 Å². The van der Waals surface area contributed by atoms with E-state index >= 15 is 0 Å². The van der Waals surface area contributed by atoms with E-state index < -0.39 is 48.6 Å². The van der Waals surface area contributed by atoms with Gasteiger partial charge in [-0.15, -0.1) is 0 Å². The summed E-state index contributed by atoms with van der Waals surface area (Å²) in [4.78, 5) is 36.2. The first kappa shape index (κ1) is 29.5. The van der Waals surface area contributed by atoms with Crippen molar-refractivity contribution in [1.29, 1.82) is 0 Å². The highest BCUT2D eigenvalue weighted by Gasteiger charge is 2.48. The number of ether oxygens (including phenoxy) is 3. The van der Waals surface area contributed by atoms with E-state index in [9.17, 15) is 34.8 Å². The Labute approximate surface area is 209 Å². The van der Waals surface area contributed by atoms with E-state index in [0.717, 1.165) is 25.8 Å². The molecule has 1 aromatic carbocycles. The average Bonchev–Trinajstić information content (AvgIpc) is 2.84. The van der Waals surface area contributed by atoms with Crippen LogP contribution in [-0.2, 0) is 25.7 Å². The van der Waals surface area contributed by atoms with Crippen molar-refractivity contribution in [3.8, 4) is 5.75 Å². The van der Waals surface area contributed by atoms with E-state index in [4.69, 9.17) is 14.2 Å². The average molecular weight is 513 g/mol. The lowest BCUT2D eigenvalue weighted by atomic mass is 9.99. The molecule has 1 heterocycles. The number of benzene rings is 1. The highest BCUT2D eigenvalue weighted by Crippen LogP contribution is 2.28. The van der Waals surface area contributed by atoms with Crippen LogP contribution in [0, 0.1) is 5.92 Å². The highest BCUT2D eigenvalue weighted by molar-refractivity contribution is 5.97. The van der Waals surface area contributed by atoms with Crippen LogP contribution in [0.3, 0.4) is 0 Å². The minimum atomic E-state index is -1.87. The second kappa shape index (κ2) is 14.1. The number of aliphatic carboxylic acids is 1. The summed E-state index contributed by atoms with van der Waals surface area (Å²) < 4.78 is 16.0. The lowest BCUT2D eigenvalue weighted by Gasteiger charge is -2.38. The van der Waals surface area contributed by atoms with Gasteiger partial charge in [-0.1, -0.05) is 26.3 Å². The van der Waals surface area contributed by atoms with E-state index in [-0.39, 0.29) is 23.8 Å². The fourth-order valence-electron chi connectivity index (χ4n) is 3.44. The number of nitrogens with one attached hydrogen (secondary N) is 2. The van der Waals surface area contributed by atoms with Crippen molar-refractivity contribution >= 4 is 17.8 Å². The van der Waals surface area contributed by atoms with E-state index in [1.165, 1.54) is 18.2 Å². The fourth-order valence-corrected chi connectivity index (χ4v) is 3.44. The third-order valence-corrected chi connectivity index (χ3v) is 5.59. The third kappa shape index (κ3) is 8.14. The Kier molecular flexibility index (Phi) is 11.5. The lowest BCUT2D eigenvalue weighted by molar-refractivity contribution is -0.271. The number of esters is 1. The molecule has 202 valence electrons. The molecule has 1 saturated heterocycles.